The third-order valence-corrected chi connectivity index (χ3v) is 4.73. The number of rotatable bonds is 7. The van der Waals surface area contributed by atoms with Crippen LogP contribution in [0.15, 0.2) is 34.7 Å². The van der Waals surface area contributed by atoms with Crippen LogP contribution in [0.3, 0.4) is 0 Å². The van der Waals surface area contributed by atoms with E-state index in [1.54, 1.807) is 6.07 Å². The van der Waals surface area contributed by atoms with Crippen molar-refractivity contribution in [2.24, 2.45) is 0 Å². The van der Waals surface area contributed by atoms with E-state index in [1.165, 1.54) is 11.6 Å². The minimum Gasteiger partial charge on any atom is -0.484 e. The van der Waals surface area contributed by atoms with Crippen molar-refractivity contribution in [2.45, 2.75) is 45.6 Å². The molecule has 0 aliphatic rings. The topological polar surface area (TPSA) is 59.7 Å². The van der Waals surface area contributed by atoms with Crippen molar-refractivity contribution in [3.05, 3.63) is 52.4 Å². The number of ether oxygens (including phenoxy) is 1. The van der Waals surface area contributed by atoms with Crippen LogP contribution in [-0.2, 0) is 12.0 Å². The molecule has 1 aromatic carbocycles. The Kier molecular flexibility index (Phi) is 5.37. The van der Waals surface area contributed by atoms with E-state index in [0.29, 0.717) is 16.5 Å². The minimum absolute atomic E-state index is 0.0968. The van der Waals surface area contributed by atoms with Gasteiger partial charge in [0.15, 0.2) is 0 Å². The highest BCUT2D eigenvalue weighted by molar-refractivity contribution is 6.32. The number of aromatic carboxylic acids is 1. The summed E-state index contributed by atoms with van der Waals surface area (Å²) in [6.45, 7) is 6.68. The van der Waals surface area contributed by atoms with E-state index in [1.807, 2.05) is 18.2 Å². The molecule has 0 atom stereocenters. The molecule has 0 amide bonds. The summed E-state index contributed by atoms with van der Waals surface area (Å²) in [5, 5.41) is 9.37. The Morgan fingerprint density at radius 3 is 2.48 bits per heavy atom. The van der Waals surface area contributed by atoms with Crippen LogP contribution in [0.2, 0.25) is 5.02 Å². The Balaban J connectivity index is 2.10. The maximum Gasteiger partial charge on any atom is 0.371 e. The van der Waals surface area contributed by atoms with Crippen LogP contribution in [0, 0.1) is 0 Å². The van der Waals surface area contributed by atoms with Crippen LogP contribution in [-0.4, -0.2) is 11.1 Å². The Labute approximate surface area is 141 Å². The molecule has 0 aliphatic carbocycles. The average molecular weight is 337 g/mol. The summed E-state index contributed by atoms with van der Waals surface area (Å²) in [5.41, 5.74) is 1.28. The highest BCUT2D eigenvalue weighted by Crippen LogP contribution is 2.35. The summed E-state index contributed by atoms with van der Waals surface area (Å²) in [6, 6.07) is 8.80. The van der Waals surface area contributed by atoms with Gasteiger partial charge in [-0.1, -0.05) is 38.4 Å². The molecule has 1 aromatic heterocycles. The van der Waals surface area contributed by atoms with Gasteiger partial charge in [-0.15, -0.1) is 0 Å². The van der Waals surface area contributed by atoms with Gasteiger partial charge in [-0.3, -0.25) is 0 Å². The first-order chi connectivity index (χ1) is 10.9. The molecule has 23 heavy (non-hydrogen) atoms. The average Bonchev–Trinajstić information content (AvgIpc) is 3.02. The van der Waals surface area contributed by atoms with E-state index in [9.17, 15) is 4.79 Å². The molecule has 124 valence electrons. The third-order valence-electron chi connectivity index (χ3n) is 4.43. The molecule has 0 unspecified atom stereocenters. The molecule has 0 bridgehead atoms. The highest BCUT2D eigenvalue weighted by atomic mass is 35.5. The van der Waals surface area contributed by atoms with Crippen molar-refractivity contribution < 1.29 is 19.1 Å². The molecule has 4 nitrogen and oxygen atoms in total. The third kappa shape index (κ3) is 3.88. The molecule has 0 spiro atoms. The molecule has 2 aromatic rings. The van der Waals surface area contributed by atoms with Crippen molar-refractivity contribution in [1.82, 2.24) is 0 Å². The predicted octanol–water partition coefficient (Wildman–Crippen LogP) is 5.29. The number of carbonyl (C=O) groups is 1. The van der Waals surface area contributed by atoms with Crippen molar-refractivity contribution in [3.8, 4) is 5.75 Å². The summed E-state index contributed by atoms with van der Waals surface area (Å²) >= 11 is 6.32. The molecular formula is C18H21ClO4. The maximum atomic E-state index is 10.8. The van der Waals surface area contributed by atoms with Crippen LogP contribution in [0.1, 0.15) is 55.5 Å². The number of carboxylic acid groups (broad SMARTS) is 1. The standard InChI is InChI=1S/C18H21ClO4/c1-4-18(3,5-2)12-6-8-15(14(19)10-12)22-11-13-7-9-16(23-13)17(20)21/h6-10H,4-5,11H2,1-3H3,(H,20,21). The van der Waals surface area contributed by atoms with Gasteiger partial charge in [0.25, 0.3) is 0 Å². The number of furan rings is 1. The van der Waals surface area contributed by atoms with Crippen molar-refractivity contribution in [2.75, 3.05) is 0 Å². The van der Waals surface area contributed by atoms with Gasteiger partial charge in [0.1, 0.15) is 18.1 Å². The minimum atomic E-state index is -1.10. The molecule has 0 aliphatic heterocycles. The number of hydrogen-bond donors (Lipinski definition) is 1. The fourth-order valence-corrected chi connectivity index (χ4v) is 2.61. The maximum absolute atomic E-state index is 10.8. The molecular weight excluding hydrogens is 316 g/mol. The zero-order chi connectivity index (χ0) is 17.0. The largest absolute Gasteiger partial charge is 0.484 e. The number of hydrogen-bond acceptors (Lipinski definition) is 3. The lowest BCUT2D eigenvalue weighted by molar-refractivity contribution is 0.0658. The lowest BCUT2D eigenvalue weighted by Crippen LogP contribution is -2.19. The molecule has 2 rings (SSSR count). The van der Waals surface area contributed by atoms with Crippen LogP contribution in [0.25, 0.3) is 0 Å². The van der Waals surface area contributed by atoms with E-state index in [4.69, 9.17) is 25.9 Å². The Morgan fingerprint density at radius 1 is 1.26 bits per heavy atom. The lowest BCUT2D eigenvalue weighted by atomic mass is 9.78. The molecule has 0 fully saturated rings. The number of carboxylic acids is 1. The van der Waals surface area contributed by atoms with Gasteiger partial charge in [0, 0.05) is 0 Å². The second-order valence-electron chi connectivity index (χ2n) is 5.77. The first kappa shape index (κ1) is 17.4. The monoisotopic (exact) mass is 336 g/mol. The molecule has 5 heteroatoms. The number of halogens is 1. The molecule has 1 N–H and O–H groups in total. The van der Waals surface area contributed by atoms with E-state index in [0.717, 1.165) is 12.8 Å². The summed E-state index contributed by atoms with van der Waals surface area (Å²) in [4.78, 5) is 10.8. The Morgan fingerprint density at radius 2 is 1.96 bits per heavy atom. The van der Waals surface area contributed by atoms with Gasteiger partial charge >= 0.3 is 5.97 Å². The van der Waals surface area contributed by atoms with Crippen molar-refractivity contribution >= 4 is 17.6 Å². The van der Waals surface area contributed by atoms with E-state index in [2.05, 4.69) is 20.8 Å². The molecule has 0 radical (unpaired) electrons. The van der Waals surface area contributed by atoms with E-state index >= 15 is 0 Å². The highest BCUT2D eigenvalue weighted by Gasteiger charge is 2.23. The van der Waals surface area contributed by atoms with E-state index in [-0.39, 0.29) is 17.8 Å². The zero-order valence-electron chi connectivity index (χ0n) is 13.6. The summed E-state index contributed by atoms with van der Waals surface area (Å²) in [5.74, 6) is -0.212. The van der Waals surface area contributed by atoms with E-state index < -0.39 is 5.97 Å². The van der Waals surface area contributed by atoms with Gasteiger partial charge in [0.2, 0.25) is 5.76 Å². The second-order valence-corrected chi connectivity index (χ2v) is 6.18. The second kappa shape index (κ2) is 7.09. The normalized spacial score (nSPS) is 11.5. The van der Waals surface area contributed by atoms with Gasteiger partial charge < -0.3 is 14.3 Å². The Bertz CT molecular complexity index is 686. The zero-order valence-corrected chi connectivity index (χ0v) is 14.3. The van der Waals surface area contributed by atoms with Crippen molar-refractivity contribution in [1.29, 1.82) is 0 Å². The summed E-state index contributed by atoms with van der Waals surface area (Å²) in [7, 11) is 0. The first-order valence-corrected chi connectivity index (χ1v) is 8.02. The molecule has 0 saturated carbocycles. The Hall–Kier alpha value is -1.94. The summed E-state index contributed by atoms with van der Waals surface area (Å²) in [6.07, 6.45) is 2.06. The lowest BCUT2D eigenvalue weighted by Gasteiger charge is -2.27. The predicted molar refractivity (Wildman–Crippen MR) is 89.4 cm³/mol. The number of benzene rings is 1. The fourth-order valence-electron chi connectivity index (χ4n) is 2.37. The van der Waals surface area contributed by atoms with Crippen LogP contribution in [0.4, 0.5) is 0 Å². The van der Waals surface area contributed by atoms with Crippen molar-refractivity contribution in [3.63, 3.8) is 0 Å². The van der Waals surface area contributed by atoms with Gasteiger partial charge in [-0.05, 0) is 48.1 Å². The van der Waals surface area contributed by atoms with Gasteiger partial charge in [0.05, 0.1) is 5.02 Å². The quantitative estimate of drug-likeness (QED) is 0.746. The summed E-state index contributed by atoms with van der Waals surface area (Å²) < 4.78 is 10.8. The van der Waals surface area contributed by atoms with Crippen LogP contribution < -0.4 is 4.74 Å². The van der Waals surface area contributed by atoms with Gasteiger partial charge in [-0.2, -0.15) is 0 Å². The van der Waals surface area contributed by atoms with Crippen LogP contribution in [0.5, 0.6) is 5.75 Å². The SMILES string of the molecule is CCC(C)(CC)c1ccc(OCc2ccc(C(=O)O)o2)c(Cl)c1. The first-order valence-electron chi connectivity index (χ1n) is 7.64. The fraction of sp³-hybridized carbons (Fsp3) is 0.389. The smallest absolute Gasteiger partial charge is 0.371 e. The van der Waals surface area contributed by atoms with Gasteiger partial charge in [-0.25, -0.2) is 4.79 Å². The van der Waals surface area contributed by atoms with Crippen LogP contribution >= 0.6 is 11.6 Å². The molecule has 0 saturated heterocycles. The molecule has 1 heterocycles.